The summed E-state index contributed by atoms with van der Waals surface area (Å²) in [5.41, 5.74) is 3.38. The number of aromatic nitrogens is 2. The van der Waals surface area contributed by atoms with Crippen molar-refractivity contribution in [2.45, 2.75) is 27.2 Å². The first-order chi connectivity index (χ1) is 7.04. The smallest absolute Gasteiger partial charge is 0.0889 e. The number of hydrogen-bond donors (Lipinski definition) is 0. The van der Waals surface area contributed by atoms with E-state index in [9.17, 15) is 0 Å². The van der Waals surface area contributed by atoms with Gasteiger partial charge in [0.15, 0.2) is 0 Å². The molecule has 2 heterocycles. The van der Waals surface area contributed by atoms with E-state index in [-0.39, 0.29) is 5.41 Å². The molecule has 0 unspecified atom stereocenters. The second-order valence-electron chi connectivity index (χ2n) is 5.08. The predicted molar refractivity (Wildman–Crippen MR) is 62.7 cm³/mol. The van der Waals surface area contributed by atoms with Crippen LogP contribution in [0.2, 0.25) is 0 Å². The Labute approximate surface area is 90.4 Å². The van der Waals surface area contributed by atoms with Crippen LogP contribution in [0.5, 0.6) is 0 Å². The zero-order valence-corrected chi connectivity index (χ0v) is 9.49. The van der Waals surface area contributed by atoms with Crippen molar-refractivity contribution in [3.63, 3.8) is 0 Å². The average Bonchev–Trinajstić information content (AvgIpc) is 2.15. The third-order valence-corrected chi connectivity index (χ3v) is 2.23. The highest BCUT2D eigenvalue weighted by molar-refractivity contribution is 5.73. The molecule has 0 saturated carbocycles. The van der Waals surface area contributed by atoms with Gasteiger partial charge in [-0.1, -0.05) is 20.8 Å². The third-order valence-electron chi connectivity index (χ3n) is 2.23. The molecular formula is C13H16N2. The second-order valence-corrected chi connectivity index (χ2v) is 5.08. The first-order valence-electron chi connectivity index (χ1n) is 5.25. The van der Waals surface area contributed by atoms with E-state index < -0.39 is 0 Å². The summed E-state index contributed by atoms with van der Waals surface area (Å²) in [6.07, 6.45) is 2.80. The summed E-state index contributed by atoms with van der Waals surface area (Å²) >= 11 is 0. The molecule has 0 spiro atoms. The van der Waals surface area contributed by atoms with E-state index in [0.717, 1.165) is 23.1 Å². The molecule has 0 radical (unpaired) electrons. The van der Waals surface area contributed by atoms with Crippen molar-refractivity contribution < 1.29 is 0 Å². The molecule has 0 aromatic carbocycles. The fourth-order valence-electron chi connectivity index (χ4n) is 1.64. The van der Waals surface area contributed by atoms with Crippen molar-refractivity contribution in [2.75, 3.05) is 0 Å². The van der Waals surface area contributed by atoms with Crippen LogP contribution < -0.4 is 0 Å². The summed E-state index contributed by atoms with van der Waals surface area (Å²) in [5, 5.41) is 0. The maximum Gasteiger partial charge on any atom is 0.0889 e. The van der Waals surface area contributed by atoms with E-state index in [1.807, 2.05) is 18.2 Å². The Hall–Kier alpha value is -1.44. The second kappa shape index (κ2) is 3.61. The molecule has 2 aromatic heterocycles. The Morgan fingerprint density at radius 1 is 1.07 bits per heavy atom. The number of pyridine rings is 2. The van der Waals surface area contributed by atoms with Gasteiger partial charge in [-0.3, -0.25) is 9.97 Å². The topological polar surface area (TPSA) is 25.8 Å². The molecule has 2 rings (SSSR count). The maximum atomic E-state index is 4.60. The molecule has 0 aliphatic rings. The molecule has 0 aliphatic carbocycles. The lowest BCUT2D eigenvalue weighted by molar-refractivity contribution is 0.407. The Bertz CT molecular complexity index is 469. The Morgan fingerprint density at radius 3 is 2.60 bits per heavy atom. The summed E-state index contributed by atoms with van der Waals surface area (Å²) in [6.45, 7) is 6.67. The van der Waals surface area contributed by atoms with Crippen LogP contribution in [-0.2, 0) is 6.42 Å². The van der Waals surface area contributed by atoms with Crippen LogP contribution in [0.3, 0.4) is 0 Å². The number of rotatable bonds is 1. The molecule has 0 atom stereocenters. The van der Waals surface area contributed by atoms with E-state index >= 15 is 0 Å². The lowest BCUT2D eigenvalue weighted by Crippen LogP contribution is -2.10. The van der Waals surface area contributed by atoms with Crippen molar-refractivity contribution in [3.8, 4) is 0 Å². The fraction of sp³-hybridized carbons (Fsp3) is 0.385. The van der Waals surface area contributed by atoms with E-state index in [0.29, 0.717) is 0 Å². The monoisotopic (exact) mass is 200 g/mol. The molecular weight excluding hydrogens is 184 g/mol. The largest absolute Gasteiger partial charge is 0.255 e. The van der Waals surface area contributed by atoms with Crippen molar-refractivity contribution in [1.29, 1.82) is 0 Å². The van der Waals surface area contributed by atoms with Crippen LogP contribution in [0, 0.1) is 5.41 Å². The third kappa shape index (κ3) is 2.52. The number of fused-ring (bicyclic) bond motifs is 1. The van der Waals surface area contributed by atoms with Gasteiger partial charge in [0.1, 0.15) is 0 Å². The average molecular weight is 200 g/mol. The van der Waals surface area contributed by atoms with Crippen molar-refractivity contribution in [1.82, 2.24) is 9.97 Å². The predicted octanol–water partition coefficient (Wildman–Crippen LogP) is 3.22. The lowest BCUT2D eigenvalue weighted by Gasteiger charge is -2.17. The van der Waals surface area contributed by atoms with Crippen molar-refractivity contribution in [3.05, 3.63) is 36.2 Å². The Morgan fingerprint density at radius 2 is 1.87 bits per heavy atom. The molecule has 2 nitrogen and oxygen atoms in total. The first-order valence-corrected chi connectivity index (χ1v) is 5.25. The summed E-state index contributed by atoms with van der Waals surface area (Å²) < 4.78 is 0. The minimum Gasteiger partial charge on any atom is -0.255 e. The van der Waals surface area contributed by atoms with Crippen molar-refractivity contribution in [2.24, 2.45) is 5.41 Å². The van der Waals surface area contributed by atoms with Crippen molar-refractivity contribution >= 4 is 11.0 Å². The van der Waals surface area contributed by atoms with Crippen LogP contribution in [0.1, 0.15) is 26.5 Å². The summed E-state index contributed by atoms with van der Waals surface area (Å²) in [7, 11) is 0. The number of nitrogens with zero attached hydrogens (tertiary/aromatic N) is 2. The highest BCUT2D eigenvalue weighted by Crippen LogP contribution is 2.20. The summed E-state index contributed by atoms with van der Waals surface area (Å²) in [6, 6.07) is 8.05. The molecule has 0 amide bonds. The summed E-state index contributed by atoms with van der Waals surface area (Å²) in [5.74, 6) is 0. The van der Waals surface area contributed by atoms with Gasteiger partial charge >= 0.3 is 0 Å². The molecule has 0 bridgehead atoms. The van der Waals surface area contributed by atoms with Gasteiger partial charge in [-0.15, -0.1) is 0 Å². The SMILES string of the molecule is CC(C)(C)Cc1ccc2ncccc2n1. The molecule has 0 aliphatic heterocycles. The minimum absolute atomic E-state index is 0.281. The Kier molecular flexibility index (Phi) is 2.43. The first kappa shape index (κ1) is 10.1. The zero-order chi connectivity index (χ0) is 10.9. The molecule has 78 valence electrons. The molecule has 2 heteroatoms. The van der Waals surface area contributed by atoms with Crippen LogP contribution in [0.15, 0.2) is 30.5 Å². The van der Waals surface area contributed by atoms with Crippen LogP contribution in [-0.4, -0.2) is 9.97 Å². The normalized spacial score (nSPS) is 11.9. The molecule has 0 saturated heterocycles. The van der Waals surface area contributed by atoms with E-state index in [1.54, 1.807) is 6.20 Å². The van der Waals surface area contributed by atoms with Gasteiger partial charge in [-0.25, -0.2) is 0 Å². The Balaban J connectivity index is 2.39. The van der Waals surface area contributed by atoms with Gasteiger partial charge in [-0.2, -0.15) is 0 Å². The van der Waals surface area contributed by atoms with Crippen LogP contribution in [0.4, 0.5) is 0 Å². The quantitative estimate of drug-likeness (QED) is 0.706. The molecule has 0 N–H and O–H groups in total. The highest BCUT2D eigenvalue weighted by Gasteiger charge is 2.12. The van der Waals surface area contributed by atoms with Gasteiger partial charge in [0, 0.05) is 11.9 Å². The molecule has 2 aromatic rings. The minimum atomic E-state index is 0.281. The zero-order valence-electron chi connectivity index (χ0n) is 9.49. The van der Waals surface area contributed by atoms with E-state index in [1.165, 1.54) is 0 Å². The molecule has 0 fully saturated rings. The lowest BCUT2D eigenvalue weighted by atomic mass is 9.90. The maximum absolute atomic E-state index is 4.60. The van der Waals surface area contributed by atoms with Gasteiger partial charge < -0.3 is 0 Å². The van der Waals surface area contributed by atoms with Gasteiger partial charge in [0.05, 0.1) is 11.0 Å². The van der Waals surface area contributed by atoms with Crippen LogP contribution >= 0.6 is 0 Å². The number of hydrogen-bond acceptors (Lipinski definition) is 2. The molecule has 15 heavy (non-hydrogen) atoms. The van der Waals surface area contributed by atoms with E-state index in [2.05, 4.69) is 36.8 Å². The van der Waals surface area contributed by atoms with Gasteiger partial charge in [-0.05, 0) is 36.1 Å². The van der Waals surface area contributed by atoms with Gasteiger partial charge in [0.2, 0.25) is 0 Å². The summed E-state index contributed by atoms with van der Waals surface area (Å²) in [4.78, 5) is 8.85. The highest BCUT2D eigenvalue weighted by atomic mass is 14.8. The standard InChI is InChI=1S/C13H16N2/c1-13(2,3)9-10-6-7-11-12(15-10)5-4-8-14-11/h4-8H,9H2,1-3H3. The van der Waals surface area contributed by atoms with Gasteiger partial charge in [0.25, 0.3) is 0 Å². The van der Waals surface area contributed by atoms with E-state index in [4.69, 9.17) is 0 Å². The fourth-order valence-corrected chi connectivity index (χ4v) is 1.64. The van der Waals surface area contributed by atoms with Crippen LogP contribution in [0.25, 0.3) is 11.0 Å².